The van der Waals surface area contributed by atoms with Crippen LogP contribution in [0.2, 0.25) is 5.02 Å². The molecule has 5 nitrogen and oxygen atoms in total. The zero-order valence-electron chi connectivity index (χ0n) is 15.6. The number of nitrogens with one attached hydrogen (secondary N) is 1. The highest BCUT2D eigenvalue weighted by molar-refractivity contribution is 6.30. The van der Waals surface area contributed by atoms with Gasteiger partial charge in [0, 0.05) is 31.0 Å². The fraction of sp³-hybridized carbons (Fsp3) is 0.333. The summed E-state index contributed by atoms with van der Waals surface area (Å²) in [7, 11) is 1.67. The van der Waals surface area contributed by atoms with E-state index in [1.165, 1.54) is 0 Å². The first kappa shape index (κ1) is 19.2. The molecule has 142 valence electrons. The van der Waals surface area contributed by atoms with Crippen molar-refractivity contribution in [2.75, 3.05) is 13.7 Å². The summed E-state index contributed by atoms with van der Waals surface area (Å²) >= 11 is 5.90. The maximum atomic E-state index is 11.8. The van der Waals surface area contributed by atoms with Crippen molar-refractivity contribution < 1.29 is 9.53 Å². The van der Waals surface area contributed by atoms with Gasteiger partial charge in [0.05, 0.1) is 17.6 Å². The maximum Gasteiger partial charge on any atom is 0.222 e. The number of carbonyl (C=O) groups excluding carboxylic acids is 1. The lowest BCUT2D eigenvalue weighted by Crippen LogP contribution is -2.26. The summed E-state index contributed by atoms with van der Waals surface area (Å²) < 4.78 is 8.02. The van der Waals surface area contributed by atoms with Crippen molar-refractivity contribution in [3.05, 3.63) is 59.4 Å². The van der Waals surface area contributed by atoms with Crippen molar-refractivity contribution in [1.29, 1.82) is 0 Å². The number of fused-ring (bicyclic) bond motifs is 1. The van der Waals surface area contributed by atoms with Crippen LogP contribution in [-0.2, 0) is 17.8 Å². The topological polar surface area (TPSA) is 56.2 Å². The lowest BCUT2D eigenvalue weighted by atomic mass is 10.1. The summed E-state index contributed by atoms with van der Waals surface area (Å²) in [5.74, 6) is 1.77. The second-order valence-corrected chi connectivity index (χ2v) is 6.96. The summed E-state index contributed by atoms with van der Waals surface area (Å²) in [5.41, 5.74) is 2.05. The van der Waals surface area contributed by atoms with Crippen molar-refractivity contribution in [1.82, 2.24) is 14.9 Å². The van der Waals surface area contributed by atoms with Crippen LogP contribution in [0.15, 0.2) is 48.5 Å². The minimum absolute atomic E-state index is 0.0469. The Kier molecular flexibility index (Phi) is 6.35. The monoisotopic (exact) mass is 385 g/mol. The number of halogens is 1. The van der Waals surface area contributed by atoms with E-state index in [-0.39, 0.29) is 11.8 Å². The number of benzene rings is 2. The molecule has 1 atom stereocenters. The molecule has 0 radical (unpaired) electrons. The second-order valence-electron chi connectivity index (χ2n) is 6.52. The number of rotatable bonds is 8. The molecule has 0 fully saturated rings. The summed E-state index contributed by atoms with van der Waals surface area (Å²) in [5, 5.41) is 3.40. The Bertz CT molecular complexity index is 905. The molecule has 1 aromatic heterocycles. The normalized spacial score (nSPS) is 12.1. The van der Waals surface area contributed by atoms with E-state index < -0.39 is 0 Å². The van der Waals surface area contributed by atoms with Crippen molar-refractivity contribution in [3.8, 4) is 5.75 Å². The number of para-hydroxylation sites is 2. The lowest BCUT2D eigenvalue weighted by molar-refractivity contribution is -0.124. The van der Waals surface area contributed by atoms with Crippen LogP contribution in [0.3, 0.4) is 0 Å². The third-order valence-electron chi connectivity index (χ3n) is 4.62. The van der Waals surface area contributed by atoms with E-state index in [1.807, 2.05) is 49.4 Å². The van der Waals surface area contributed by atoms with Crippen molar-refractivity contribution in [2.45, 2.75) is 26.3 Å². The van der Waals surface area contributed by atoms with E-state index in [2.05, 4.69) is 16.0 Å². The minimum Gasteiger partial charge on any atom is -0.493 e. The predicted molar refractivity (Wildman–Crippen MR) is 108 cm³/mol. The standard InChI is InChI=1S/C21H24ClN3O2/c1-15(21(26)23-2)11-13-25-19-6-4-3-5-18(19)24-20(25)12-14-27-17-9-7-16(22)8-10-17/h3-10,15H,11-14H2,1-2H3,(H,23,26). The first-order valence-corrected chi connectivity index (χ1v) is 9.50. The first-order valence-electron chi connectivity index (χ1n) is 9.12. The van der Waals surface area contributed by atoms with Gasteiger partial charge in [-0.25, -0.2) is 4.98 Å². The van der Waals surface area contributed by atoms with Gasteiger partial charge >= 0.3 is 0 Å². The van der Waals surface area contributed by atoms with Crippen molar-refractivity contribution >= 4 is 28.5 Å². The number of aromatic nitrogens is 2. The molecule has 6 heteroatoms. The van der Waals surface area contributed by atoms with Gasteiger partial charge in [0.15, 0.2) is 0 Å². The lowest BCUT2D eigenvalue weighted by Gasteiger charge is -2.13. The molecule has 3 rings (SSSR count). The number of hydrogen-bond acceptors (Lipinski definition) is 3. The fourth-order valence-electron chi connectivity index (χ4n) is 3.06. The Balaban J connectivity index is 1.71. The average Bonchev–Trinajstić information content (AvgIpc) is 3.04. The Morgan fingerprint density at radius 3 is 2.70 bits per heavy atom. The maximum absolute atomic E-state index is 11.8. The highest BCUT2D eigenvalue weighted by Crippen LogP contribution is 2.20. The number of amides is 1. The summed E-state index contributed by atoms with van der Waals surface area (Å²) in [6.45, 7) is 3.21. The van der Waals surface area contributed by atoms with Gasteiger partial charge in [-0.15, -0.1) is 0 Å². The van der Waals surface area contributed by atoms with Gasteiger partial charge in [0.2, 0.25) is 5.91 Å². The van der Waals surface area contributed by atoms with E-state index in [4.69, 9.17) is 21.3 Å². The molecule has 27 heavy (non-hydrogen) atoms. The van der Waals surface area contributed by atoms with Gasteiger partial charge in [-0.2, -0.15) is 0 Å². The number of ether oxygens (including phenoxy) is 1. The van der Waals surface area contributed by atoms with Crippen LogP contribution in [0, 0.1) is 5.92 Å². The molecule has 1 unspecified atom stereocenters. The third kappa shape index (κ3) is 4.80. The van der Waals surface area contributed by atoms with Gasteiger partial charge in [0.1, 0.15) is 11.6 Å². The summed E-state index contributed by atoms with van der Waals surface area (Å²) in [6.07, 6.45) is 1.44. The molecule has 1 N–H and O–H groups in total. The third-order valence-corrected chi connectivity index (χ3v) is 4.87. The van der Waals surface area contributed by atoms with Crippen LogP contribution in [0.1, 0.15) is 19.2 Å². The smallest absolute Gasteiger partial charge is 0.222 e. The number of hydrogen-bond donors (Lipinski definition) is 1. The second kappa shape index (κ2) is 8.91. The van der Waals surface area contributed by atoms with Crippen LogP contribution in [0.4, 0.5) is 0 Å². The van der Waals surface area contributed by atoms with E-state index in [0.29, 0.717) is 18.1 Å². The van der Waals surface area contributed by atoms with Crippen LogP contribution in [0.5, 0.6) is 5.75 Å². The van der Waals surface area contributed by atoms with Gasteiger partial charge < -0.3 is 14.6 Å². The Morgan fingerprint density at radius 2 is 1.96 bits per heavy atom. The molecule has 0 spiro atoms. The van der Waals surface area contributed by atoms with Crippen LogP contribution >= 0.6 is 11.6 Å². The highest BCUT2D eigenvalue weighted by atomic mass is 35.5. The number of imidazole rings is 1. The molecule has 0 aliphatic rings. The van der Waals surface area contributed by atoms with Gasteiger partial charge in [-0.1, -0.05) is 30.7 Å². The summed E-state index contributed by atoms with van der Waals surface area (Å²) in [4.78, 5) is 16.6. The molecular formula is C21H24ClN3O2. The molecule has 0 aliphatic carbocycles. The SMILES string of the molecule is CNC(=O)C(C)CCn1c(CCOc2ccc(Cl)cc2)nc2ccccc21. The Hall–Kier alpha value is -2.53. The average molecular weight is 386 g/mol. The van der Waals surface area contributed by atoms with E-state index in [9.17, 15) is 4.79 Å². The predicted octanol–water partition coefficient (Wildman–Crippen LogP) is 4.08. The van der Waals surface area contributed by atoms with E-state index in [1.54, 1.807) is 7.05 Å². The van der Waals surface area contributed by atoms with Crippen molar-refractivity contribution in [2.24, 2.45) is 5.92 Å². The molecular weight excluding hydrogens is 362 g/mol. The van der Waals surface area contributed by atoms with E-state index >= 15 is 0 Å². The molecule has 0 aliphatic heterocycles. The number of nitrogens with zero attached hydrogens (tertiary/aromatic N) is 2. The van der Waals surface area contributed by atoms with Crippen molar-refractivity contribution in [3.63, 3.8) is 0 Å². The van der Waals surface area contributed by atoms with Gasteiger partial charge in [-0.05, 0) is 42.8 Å². The van der Waals surface area contributed by atoms with Crippen LogP contribution < -0.4 is 10.1 Å². The fourth-order valence-corrected chi connectivity index (χ4v) is 3.18. The van der Waals surface area contributed by atoms with E-state index in [0.717, 1.165) is 35.6 Å². The van der Waals surface area contributed by atoms with Gasteiger partial charge in [-0.3, -0.25) is 4.79 Å². The van der Waals surface area contributed by atoms with Crippen LogP contribution in [-0.4, -0.2) is 29.1 Å². The molecule has 0 bridgehead atoms. The summed E-state index contributed by atoms with van der Waals surface area (Å²) in [6, 6.07) is 15.4. The molecule has 3 aromatic rings. The van der Waals surface area contributed by atoms with Gasteiger partial charge in [0.25, 0.3) is 0 Å². The molecule has 0 saturated heterocycles. The largest absolute Gasteiger partial charge is 0.493 e. The zero-order valence-corrected chi connectivity index (χ0v) is 16.4. The number of aryl methyl sites for hydroxylation is 1. The zero-order chi connectivity index (χ0) is 19.2. The Morgan fingerprint density at radius 1 is 1.22 bits per heavy atom. The highest BCUT2D eigenvalue weighted by Gasteiger charge is 2.15. The minimum atomic E-state index is -0.0469. The first-order chi connectivity index (χ1) is 13.1. The molecule has 1 heterocycles. The molecule has 2 aromatic carbocycles. The Labute approximate surface area is 164 Å². The quantitative estimate of drug-likeness (QED) is 0.635. The number of carbonyl (C=O) groups is 1. The molecule has 1 amide bonds. The van der Waals surface area contributed by atoms with Crippen LogP contribution in [0.25, 0.3) is 11.0 Å². The molecule has 0 saturated carbocycles.